The minimum absolute atomic E-state index is 0.302. The van der Waals surface area contributed by atoms with Gasteiger partial charge in [-0.1, -0.05) is 18.2 Å². The quantitative estimate of drug-likeness (QED) is 0.423. The van der Waals surface area contributed by atoms with Crippen molar-refractivity contribution in [2.45, 2.75) is 19.3 Å². The molecule has 0 aliphatic carbocycles. The van der Waals surface area contributed by atoms with E-state index in [4.69, 9.17) is 5.26 Å². The van der Waals surface area contributed by atoms with Crippen molar-refractivity contribution in [3.8, 4) is 6.07 Å². The van der Waals surface area contributed by atoms with Crippen LogP contribution in [0.25, 0.3) is 10.9 Å². The molecule has 0 bridgehead atoms. The van der Waals surface area contributed by atoms with Crippen molar-refractivity contribution in [2.75, 3.05) is 28.6 Å². The number of rotatable bonds is 5. The van der Waals surface area contributed by atoms with E-state index in [1.54, 1.807) is 41.1 Å². The van der Waals surface area contributed by atoms with E-state index in [-0.39, 0.29) is 11.8 Å². The van der Waals surface area contributed by atoms with E-state index in [0.29, 0.717) is 28.2 Å². The molecule has 3 aromatic carbocycles. The van der Waals surface area contributed by atoms with E-state index >= 15 is 0 Å². The first-order valence-corrected chi connectivity index (χ1v) is 12.0. The number of para-hydroxylation sites is 1. The zero-order valence-electron chi connectivity index (χ0n) is 20.0. The number of hydrogen-bond acceptors (Lipinski definition) is 5. The van der Waals surface area contributed by atoms with Crippen molar-refractivity contribution >= 4 is 39.8 Å². The number of anilines is 3. The third kappa shape index (κ3) is 4.64. The lowest BCUT2D eigenvalue weighted by molar-refractivity contribution is 0.101. The normalized spacial score (nSPS) is 13.3. The van der Waals surface area contributed by atoms with Gasteiger partial charge < -0.3 is 15.5 Å². The molecular weight excluding hydrogens is 452 g/mol. The van der Waals surface area contributed by atoms with E-state index in [9.17, 15) is 9.59 Å². The molecule has 0 atom stereocenters. The Hall–Kier alpha value is -4.64. The van der Waals surface area contributed by atoms with Crippen molar-refractivity contribution in [1.29, 1.82) is 5.26 Å². The highest BCUT2D eigenvalue weighted by Crippen LogP contribution is 2.31. The van der Waals surface area contributed by atoms with Crippen LogP contribution in [-0.2, 0) is 7.05 Å². The number of nitriles is 1. The highest BCUT2D eigenvalue weighted by atomic mass is 16.2. The second-order valence-corrected chi connectivity index (χ2v) is 8.87. The fourth-order valence-corrected chi connectivity index (χ4v) is 4.58. The highest BCUT2D eigenvalue weighted by Gasteiger charge is 2.21. The van der Waals surface area contributed by atoms with Gasteiger partial charge in [0.15, 0.2) is 5.69 Å². The lowest BCUT2D eigenvalue weighted by atomic mass is 10.1. The summed E-state index contributed by atoms with van der Waals surface area (Å²) in [7, 11) is 1.81. The molecule has 0 radical (unpaired) electrons. The van der Waals surface area contributed by atoms with Crippen LogP contribution in [0.3, 0.4) is 0 Å². The van der Waals surface area contributed by atoms with Crippen molar-refractivity contribution in [3.05, 3.63) is 83.6 Å². The molecule has 0 spiro atoms. The molecule has 180 valence electrons. The molecule has 2 amide bonds. The van der Waals surface area contributed by atoms with Crippen LogP contribution in [0, 0.1) is 11.3 Å². The molecule has 2 heterocycles. The van der Waals surface area contributed by atoms with Gasteiger partial charge in [-0.3, -0.25) is 14.3 Å². The molecule has 36 heavy (non-hydrogen) atoms. The number of amides is 2. The van der Waals surface area contributed by atoms with Crippen LogP contribution in [0.4, 0.5) is 17.1 Å². The van der Waals surface area contributed by atoms with Gasteiger partial charge in [-0.05, 0) is 67.8 Å². The Morgan fingerprint density at radius 1 is 0.917 bits per heavy atom. The number of fused-ring (bicyclic) bond motifs is 1. The molecule has 0 saturated carbocycles. The van der Waals surface area contributed by atoms with E-state index in [1.165, 1.54) is 6.42 Å². The Bertz CT molecular complexity index is 1480. The molecule has 1 aliphatic rings. The topological polar surface area (TPSA) is 103 Å². The molecule has 8 heteroatoms. The zero-order valence-corrected chi connectivity index (χ0v) is 20.0. The Balaban J connectivity index is 1.46. The van der Waals surface area contributed by atoms with Crippen LogP contribution in [0.5, 0.6) is 0 Å². The summed E-state index contributed by atoms with van der Waals surface area (Å²) in [5.41, 5.74) is 4.19. The molecule has 1 aromatic heterocycles. The number of hydrogen-bond donors (Lipinski definition) is 2. The van der Waals surface area contributed by atoms with Crippen LogP contribution in [0.15, 0.2) is 66.7 Å². The maximum Gasteiger partial charge on any atom is 0.276 e. The Kier molecular flexibility index (Phi) is 6.37. The number of aryl methyl sites for hydroxylation is 1. The second-order valence-electron chi connectivity index (χ2n) is 8.87. The van der Waals surface area contributed by atoms with Gasteiger partial charge in [0.25, 0.3) is 11.8 Å². The Morgan fingerprint density at radius 3 is 2.42 bits per heavy atom. The largest absolute Gasteiger partial charge is 0.370 e. The smallest absolute Gasteiger partial charge is 0.276 e. The van der Waals surface area contributed by atoms with E-state index in [2.05, 4.69) is 26.7 Å². The summed E-state index contributed by atoms with van der Waals surface area (Å²) < 4.78 is 1.69. The average Bonchev–Trinajstić information content (AvgIpc) is 3.26. The summed E-state index contributed by atoms with van der Waals surface area (Å²) in [4.78, 5) is 28.6. The predicted molar refractivity (Wildman–Crippen MR) is 140 cm³/mol. The van der Waals surface area contributed by atoms with E-state index < -0.39 is 0 Å². The summed E-state index contributed by atoms with van der Waals surface area (Å²) in [6.45, 7) is 1.79. The maximum atomic E-state index is 13.4. The van der Waals surface area contributed by atoms with Gasteiger partial charge in [0.05, 0.1) is 28.5 Å². The van der Waals surface area contributed by atoms with Gasteiger partial charge in [0.2, 0.25) is 0 Å². The molecule has 0 unspecified atom stereocenters. The summed E-state index contributed by atoms with van der Waals surface area (Å²) in [5, 5.41) is 20.1. The first-order valence-electron chi connectivity index (χ1n) is 12.0. The monoisotopic (exact) mass is 478 g/mol. The van der Waals surface area contributed by atoms with Crippen molar-refractivity contribution in [3.63, 3.8) is 0 Å². The van der Waals surface area contributed by atoms with Crippen molar-refractivity contribution in [1.82, 2.24) is 9.78 Å². The molecule has 1 saturated heterocycles. The summed E-state index contributed by atoms with van der Waals surface area (Å²) >= 11 is 0. The molecule has 8 nitrogen and oxygen atoms in total. The minimum Gasteiger partial charge on any atom is -0.370 e. The molecule has 2 N–H and O–H groups in total. The number of benzene rings is 3. The van der Waals surface area contributed by atoms with Gasteiger partial charge in [0, 0.05) is 36.8 Å². The first kappa shape index (κ1) is 23.1. The third-order valence-corrected chi connectivity index (χ3v) is 6.45. The Morgan fingerprint density at radius 2 is 1.67 bits per heavy atom. The number of nitrogens with one attached hydrogen (secondary N) is 2. The molecule has 1 fully saturated rings. The standard InChI is InChI=1S/C28H26N6O2/c1-33-24-8-4-3-7-22(24)26(32-33)28(36)31-23-17-20(11-14-25(23)34-15-5-2-6-16-34)27(35)30-21-12-9-19(18-29)10-13-21/h3-4,7-14,17H,2,5-6,15-16H2,1H3,(H,30,35)(H,31,36). The SMILES string of the molecule is Cn1nc(C(=O)Nc2cc(C(=O)Nc3ccc(C#N)cc3)ccc2N2CCCCC2)c2ccccc21. The summed E-state index contributed by atoms with van der Waals surface area (Å²) in [6, 6.07) is 21.7. The first-order chi connectivity index (χ1) is 17.5. The van der Waals surface area contributed by atoms with Crippen LogP contribution in [0.2, 0.25) is 0 Å². The van der Waals surface area contributed by atoms with Gasteiger partial charge in [-0.2, -0.15) is 10.4 Å². The van der Waals surface area contributed by atoms with Crippen LogP contribution in [0.1, 0.15) is 45.7 Å². The average molecular weight is 479 g/mol. The fraction of sp³-hybridized carbons (Fsp3) is 0.214. The predicted octanol–water partition coefficient (Wildman–Crippen LogP) is 4.94. The number of aromatic nitrogens is 2. The lowest BCUT2D eigenvalue weighted by Gasteiger charge is -2.30. The van der Waals surface area contributed by atoms with Gasteiger partial charge in [0.1, 0.15) is 0 Å². The second kappa shape index (κ2) is 9.92. The van der Waals surface area contributed by atoms with Crippen LogP contribution in [-0.4, -0.2) is 34.7 Å². The number of carbonyl (C=O) groups is 2. The summed E-state index contributed by atoms with van der Waals surface area (Å²) in [5.74, 6) is -0.626. The van der Waals surface area contributed by atoms with E-state index in [1.807, 2.05) is 37.4 Å². The fourth-order valence-electron chi connectivity index (χ4n) is 4.58. The maximum absolute atomic E-state index is 13.4. The van der Waals surface area contributed by atoms with Gasteiger partial charge >= 0.3 is 0 Å². The third-order valence-electron chi connectivity index (χ3n) is 6.45. The van der Waals surface area contributed by atoms with Gasteiger partial charge in [-0.15, -0.1) is 0 Å². The van der Waals surface area contributed by atoms with Crippen molar-refractivity contribution in [2.24, 2.45) is 7.05 Å². The summed E-state index contributed by atoms with van der Waals surface area (Å²) in [6.07, 6.45) is 3.35. The number of nitrogens with zero attached hydrogens (tertiary/aromatic N) is 4. The molecule has 5 rings (SSSR count). The molecular formula is C28H26N6O2. The van der Waals surface area contributed by atoms with Crippen molar-refractivity contribution < 1.29 is 9.59 Å². The molecule has 1 aliphatic heterocycles. The minimum atomic E-state index is -0.324. The highest BCUT2D eigenvalue weighted by molar-refractivity contribution is 6.13. The number of piperidine rings is 1. The zero-order chi connectivity index (χ0) is 25.1. The lowest BCUT2D eigenvalue weighted by Crippen LogP contribution is -2.30. The molecule has 4 aromatic rings. The van der Waals surface area contributed by atoms with Crippen LogP contribution >= 0.6 is 0 Å². The van der Waals surface area contributed by atoms with E-state index in [0.717, 1.165) is 42.5 Å². The van der Waals surface area contributed by atoms with Gasteiger partial charge in [-0.25, -0.2) is 0 Å². The Labute approximate surface area is 209 Å². The number of carbonyl (C=O) groups excluding carboxylic acids is 2. The van der Waals surface area contributed by atoms with Crippen LogP contribution < -0.4 is 15.5 Å².